The van der Waals surface area contributed by atoms with Crippen molar-refractivity contribution >= 4 is 65.4 Å². The average molecular weight is 354 g/mol. The fourth-order valence-electron chi connectivity index (χ4n) is 0. The molecule has 0 fully saturated rings. The molecule has 0 unspecified atom stereocenters. The quantitative estimate of drug-likeness (QED) is 0.224. The van der Waals surface area contributed by atoms with Crippen LogP contribution in [0.25, 0.3) is 0 Å². The number of carbonyl (C=O) groups is 6. The van der Waals surface area contributed by atoms with Gasteiger partial charge in [-0.25, -0.2) is 9.59 Å². The normalized spacial score (nSPS) is 6.26. The Balaban J connectivity index is -0.0000000393. The van der Waals surface area contributed by atoms with Crippen molar-refractivity contribution in [3.8, 4) is 0 Å². The van der Waals surface area contributed by atoms with Crippen LogP contribution >= 0.6 is 0 Å². The number of carboxylic acids is 6. The van der Waals surface area contributed by atoms with Gasteiger partial charge in [0.15, 0.2) is 0 Å². The SMILES string of the molecule is CC(=O)O.CC(=O)O.CC(=O)O.CC(=O)O.O=C(O)C(=O)O.[NaH]. The van der Waals surface area contributed by atoms with E-state index in [0.29, 0.717) is 0 Å². The summed E-state index contributed by atoms with van der Waals surface area (Å²) in [6.45, 7) is 4.33. The predicted octanol–water partition coefficient (Wildman–Crippen LogP) is -1.13. The van der Waals surface area contributed by atoms with E-state index < -0.39 is 35.8 Å². The number of aliphatic carboxylic acids is 6. The molecule has 0 aliphatic rings. The number of rotatable bonds is 0. The molecule has 0 saturated carbocycles. The molecule has 0 radical (unpaired) electrons. The summed E-state index contributed by atoms with van der Waals surface area (Å²) in [7, 11) is 0. The molecule has 12 nitrogen and oxygen atoms in total. The fraction of sp³-hybridized carbons (Fsp3) is 0.400. The standard InChI is InChI=1S/C2H2O4.4C2H4O2.Na.H/c3-1(4)2(5)6;4*1-2(3)4;;/h(H,3,4)(H,5,6);4*1H3,(H,3,4);;. The summed E-state index contributed by atoms with van der Waals surface area (Å²) in [6, 6.07) is 0. The van der Waals surface area contributed by atoms with Crippen LogP contribution in [0.4, 0.5) is 0 Å². The molecule has 0 aliphatic heterocycles. The number of hydrogen-bond acceptors (Lipinski definition) is 6. The zero-order valence-electron chi connectivity index (χ0n) is 12.1. The van der Waals surface area contributed by atoms with E-state index in [9.17, 15) is 0 Å². The minimum atomic E-state index is -1.82. The third kappa shape index (κ3) is 1900. The van der Waals surface area contributed by atoms with E-state index in [1.807, 2.05) is 0 Å². The zero-order valence-corrected chi connectivity index (χ0v) is 12.1. The molecule has 0 spiro atoms. The Hall–Kier alpha value is -2.18. The van der Waals surface area contributed by atoms with Crippen molar-refractivity contribution in [2.75, 3.05) is 0 Å². The van der Waals surface area contributed by atoms with Gasteiger partial charge < -0.3 is 30.6 Å². The van der Waals surface area contributed by atoms with Crippen LogP contribution in [0.5, 0.6) is 0 Å². The molecule has 0 aromatic heterocycles. The average Bonchev–Trinajstić information content (AvgIpc) is 2.12. The Morgan fingerprint density at radius 1 is 0.435 bits per heavy atom. The summed E-state index contributed by atoms with van der Waals surface area (Å²) in [5.74, 6) is -6.98. The molecule has 0 rings (SSSR count). The third-order valence-corrected chi connectivity index (χ3v) is 0.183. The van der Waals surface area contributed by atoms with Crippen molar-refractivity contribution in [3.05, 3.63) is 0 Å². The van der Waals surface area contributed by atoms with Crippen LogP contribution in [0, 0.1) is 0 Å². The van der Waals surface area contributed by atoms with Crippen LogP contribution in [0.2, 0.25) is 0 Å². The first kappa shape index (κ1) is 37.2. The van der Waals surface area contributed by atoms with E-state index in [-0.39, 0.29) is 29.6 Å². The summed E-state index contributed by atoms with van der Waals surface area (Å²) >= 11 is 0. The van der Waals surface area contributed by atoms with Crippen LogP contribution in [-0.2, 0) is 28.8 Å². The zero-order chi connectivity index (χ0) is 19.5. The van der Waals surface area contributed by atoms with E-state index in [4.69, 9.17) is 59.4 Å². The van der Waals surface area contributed by atoms with Gasteiger partial charge in [-0.15, -0.1) is 0 Å². The molecule has 0 bridgehead atoms. The molecule has 0 aromatic rings. The summed E-state index contributed by atoms with van der Waals surface area (Å²) < 4.78 is 0. The molecule has 23 heavy (non-hydrogen) atoms. The Bertz CT molecular complexity index is 300. The molecular weight excluding hydrogens is 335 g/mol. The summed E-state index contributed by atoms with van der Waals surface area (Å²) in [4.78, 5) is 54.2. The van der Waals surface area contributed by atoms with E-state index in [1.165, 1.54) is 0 Å². The van der Waals surface area contributed by atoms with E-state index in [2.05, 4.69) is 0 Å². The van der Waals surface area contributed by atoms with E-state index >= 15 is 0 Å². The fourth-order valence-corrected chi connectivity index (χ4v) is 0. The van der Waals surface area contributed by atoms with Crippen LogP contribution in [0.3, 0.4) is 0 Å². The van der Waals surface area contributed by atoms with Gasteiger partial charge in [0.1, 0.15) is 0 Å². The molecule has 0 aliphatic carbocycles. The second-order valence-electron chi connectivity index (χ2n) is 2.69. The molecule has 13 heteroatoms. The first-order valence-corrected chi connectivity index (χ1v) is 4.82. The van der Waals surface area contributed by atoms with Crippen molar-refractivity contribution in [3.63, 3.8) is 0 Å². The molecule has 0 aromatic carbocycles. The van der Waals surface area contributed by atoms with Crippen LogP contribution in [-0.4, -0.2) is 96.0 Å². The minimum absolute atomic E-state index is 0. The van der Waals surface area contributed by atoms with Crippen molar-refractivity contribution in [2.45, 2.75) is 27.7 Å². The van der Waals surface area contributed by atoms with Gasteiger partial charge in [0.05, 0.1) is 0 Å². The van der Waals surface area contributed by atoms with E-state index in [0.717, 1.165) is 27.7 Å². The van der Waals surface area contributed by atoms with Crippen LogP contribution in [0.15, 0.2) is 0 Å². The number of hydrogen-bond donors (Lipinski definition) is 6. The van der Waals surface area contributed by atoms with Gasteiger partial charge in [-0.2, -0.15) is 0 Å². The topological polar surface area (TPSA) is 224 Å². The second kappa shape index (κ2) is 28.0. The van der Waals surface area contributed by atoms with Crippen molar-refractivity contribution < 1.29 is 59.4 Å². The van der Waals surface area contributed by atoms with Gasteiger partial charge in [-0.1, -0.05) is 0 Å². The van der Waals surface area contributed by atoms with Crippen LogP contribution in [0.1, 0.15) is 27.7 Å². The Morgan fingerprint density at radius 2 is 0.478 bits per heavy atom. The molecule has 132 valence electrons. The van der Waals surface area contributed by atoms with Gasteiger partial charge in [-0.05, 0) is 0 Å². The Morgan fingerprint density at radius 3 is 0.478 bits per heavy atom. The molecule has 0 atom stereocenters. The molecule has 0 heterocycles. The molecule has 0 saturated heterocycles. The first-order valence-electron chi connectivity index (χ1n) is 4.82. The van der Waals surface area contributed by atoms with E-state index in [1.54, 1.807) is 0 Å². The van der Waals surface area contributed by atoms with Gasteiger partial charge in [0, 0.05) is 27.7 Å². The monoisotopic (exact) mass is 354 g/mol. The van der Waals surface area contributed by atoms with Crippen molar-refractivity contribution in [1.82, 2.24) is 0 Å². The first-order chi connectivity index (χ1) is 9.57. The third-order valence-electron chi connectivity index (χ3n) is 0.183. The maximum absolute atomic E-state index is 9.10. The number of carboxylic acid groups (broad SMARTS) is 6. The molecule has 6 N–H and O–H groups in total. The van der Waals surface area contributed by atoms with Crippen molar-refractivity contribution in [2.24, 2.45) is 0 Å². The summed E-state index contributed by atoms with van der Waals surface area (Å²) in [6.07, 6.45) is 0. The Labute approximate surface area is 152 Å². The summed E-state index contributed by atoms with van der Waals surface area (Å²) in [5.41, 5.74) is 0. The van der Waals surface area contributed by atoms with Gasteiger partial charge >= 0.3 is 41.5 Å². The maximum atomic E-state index is 9.10. The Kier molecular flexibility index (Phi) is 45.4. The van der Waals surface area contributed by atoms with Gasteiger partial charge in [0.2, 0.25) is 0 Å². The second-order valence-corrected chi connectivity index (χ2v) is 2.69. The van der Waals surface area contributed by atoms with Crippen molar-refractivity contribution in [1.29, 1.82) is 0 Å². The molecule has 0 amide bonds. The van der Waals surface area contributed by atoms with Gasteiger partial charge in [0.25, 0.3) is 23.9 Å². The van der Waals surface area contributed by atoms with Gasteiger partial charge in [-0.3, -0.25) is 19.2 Å². The van der Waals surface area contributed by atoms with Crippen LogP contribution < -0.4 is 0 Å². The summed E-state index contributed by atoms with van der Waals surface area (Å²) in [5, 5.41) is 44.4. The molecular formula is C10H19NaO12. The predicted molar refractivity (Wildman–Crippen MR) is 75.7 cm³/mol.